The molecule has 0 aliphatic heterocycles. The molecule has 3 nitrogen and oxygen atoms in total. The first-order valence-electron chi connectivity index (χ1n) is 5.97. The molecule has 0 atom stereocenters. The summed E-state index contributed by atoms with van der Waals surface area (Å²) in [5.41, 5.74) is 4.76. The Hall–Kier alpha value is -0.370. The highest BCUT2D eigenvalue weighted by Crippen LogP contribution is 2.34. The number of aromatic nitrogens is 1. The minimum absolute atomic E-state index is 0. The Morgan fingerprint density at radius 3 is 2.30 bits per heavy atom. The zero-order valence-electron chi connectivity index (χ0n) is 12.0. The Kier molecular flexibility index (Phi) is 6.93. The number of thiazole rings is 1. The minimum atomic E-state index is -4.38. The van der Waals surface area contributed by atoms with Gasteiger partial charge in [-0.3, -0.25) is 0 Å². The van der Waals surface area contributed by atoms with Gasteiger partial charge in [-0.1, -0.05) is 13.8 Å². The van der Waals surface area contributed by atoms with Crippen LogP contribution in [0, 0.1) is 12.3 Å². The van der Waals surface area contributed by atoms with E-state index >= 15 is 0 Å². The Balaban J connectivity index is 0.00000361. The number of nitrogens with two attached hydrogens (primary N) is 1. The molecule has 0 bridgehead atoms. The third-order valence-corrected chi connectivity index (χ3v) is 3.69. The van der Waals surface area contributed by atoms with Crippen LogP contribution in [-0.4, -0.2) is 30.0 Å². The van der Waals surface area contributed by atoms with E-state index in [0.717, 1.165) is 11.3 Å². The first-order chi connectivity index (χ1) is 8.55. The van der Waals surface area contributed by atoms with E-state index < -0.39 is 11.9 Å². The Morgan fingerprint density at radius 2 is 1.85 bits per heavy atom. The first-order valence-corrected chi connectivity index (χ1v) is 6.79. The molecule has 0 amide bonds. The normalized spacial score (nSPS) is 12.7. The number of rotatable bonds is 5. The summed E-state index contributed by atoms with van der Waals surface area (Å²) in [6.45, 7) is 6.94. The predicted molar refractivity (Wildman–Crippen MR) is 78.3 cm³/mol. The van der Waals surface area contributed by atoms with E-state index in [-0.39, 0.29) is 29.2 Å². The molecule has 2 N–H and O–H groups in total. The van der Waals surface area contributed by atoms with Crippen LogP contribution >= 0.6 is 23.7 Å². The molecule has 0 radical (unpaired) electrons. The lowest BCUT2D eigenvalue weighted by Gasteiger charge is -2.28. The van der Waals surface area contributed by atoms with Gasteiger partial charge in [-0.25, -0.2) is 4.98 Å². The number of nitrogens with zero attached hydrogens (tertiary/aromatic N) is 2. The van der Waals surface area contributed by atoms with Crippen LogP contribution < -0.4 is 5.73 Å². The van der Waals surface area contributed by atoms with Gasteiger partial charge in [0.1, 0.15) is 0 Å². The van der Waals surface area contributed by atoms with Crippen LogP contribution in [0.3, 0.4) is 0 Å². The van der Waals surface area contributed by atoms with Gasteiger partial charge in [0.2, 0.25) is 0 Å². The molecule has 0 saturated carbocycles. The second-order valence-corrected chi connectivity index (χ2v) is 6.83. The largest absolute Gasteiger partial charge is 0.434 e. The summed E-state index contributed by atoms with van der Waals surface area (Å²) in [7, 11) is 1.80. The van der Waals surface area contributed by atoms with Crippen molar-refractivity contribution in [3.05, 3.63) is 15.6 Å². The lowest BCUT2D eigenvalue weighted by molar-refractivity contribution is -0.141. The Labute approximate surface area is 127 Å². The number of aryl methyl sites for hydroxylation is 1. The summed E-state index contributed by atoms with van der Waals surface area (Å²) in [6.07, 6.45) is -4.38. The van der Waals surface area contributed by atoms with Crippen LogP contribution in [0.15, 0.2) is 0 Å². The van der Waals surface area contributed by atoms with E-state index in [0.29, 0.717) is 18.1 Å². The smallest absolute Gasteiger partial charge is 0.330 e. The monoisotopic (exact) mass is 331 g/mol. The van der Waals surface area contributed by atoms with Gasteiger partial charge >= 0.3 is 6.18 Å². The number of hydrogen-bond donors (Lipinski definition) is 1. The molecule has 20 heavy (non-hydrogen) atoms. The van der Waals surface area contributed by atoms with Crippen LogP contribution in [0.25, 0.3) is 0 Å². The fourth-order valence-electron chi connectivity index (χ4n) is 1.89. The summed E-state index contributed by atoms with van der Waals surface area (Å²) in [4.78, 5) is 5.71. The molecule has 0 saturated heterocycles. The van der Waals surface area contributed by atoms with Crippen molar-refractivity contribution in [2.24, 2.45) is 11.1 Å². The molecule has 118 valence electrons. The van der Waals surface area contributed by atoms with E-state index in [1.807, 2.05) is 18.7 Å². The highest BCUT2D eigenvalue weighted by atomic mass is 35.5. The third kappa shape index (κ3) is 5.55. The topological polar surface area (TPSA) is 42.2 Å². The highest BCUT2D eigenvalue weighted by molar-refractivity contribution is 7.11. The molecule has 8 heteroatoms. The fraction of sp³-hybridized carbons (Fsp3) is 0.750. The van der Waals surface area contributed by atoms with E-state index in [1.165, 1.54) is 0 Å². The zero-order valence-corrected chi connectivity index (χ0v) is 13.7. The lowest BCUT2D eigenvalue weighted by Crippen LogP contribution is -2.36. The van der Waals surface area contributed by atoms with Gasteiger partial charge < -0.3 is 10.6 Å². The maximum Gasteiger partial charge on any atom is 0.434 e. The molecule has 0 aromatic carbocycles. The van der Waals surface area contributed by atoms with E-state index in [2.05, 4.69) is 4.98 Å². The maximum absolute atomic E-state index is 12.8. The molecular weight excluding hydrogens is 311 g/mol. The summed E-state index contributed by atoms with van der Waals surface area (Å²) >= 11 is 1.10. The third-order valence-electron chi connectivity index (χ3n) is 2.74. The van der Waals surface area contributed by atoms with E-state index in [1.54, 1.807) is 14.0 Å². The van der Waals surface area contributed by atoms with Crippen LogP contribution in [0.1, 0.15) is 29.4 Å². The number of halogens is 4. The quantitative estimate of drug-likeness (QED) is 0.900. The van der Waals surface area contributed by atoms with Gasteiger partial charge in [-0.05, 0) is 25.9 Å². The van der Waals surface area contributed by atoms with Gasteiger partial charge in [-0.2, -0.15) is 13.2 Å². The maximum atomic E-state index is 12.8. The van der Waals surface area contributed by atoms with Gasteiger partial charge in [0.05, 0.1) is 9.88 Å². The van der Waals surface area contributed by atoms with Crippen LogP contribution in [0.4, 0.5) is 13.2 Å². The Morgan fingerprint density at radius 1 is 1.30 bits per heavy atom. The van der Waals surface area contributed by atoms with E-state index in [9.17, 15) is 13.2 Å². The molecule has 1 rings (SSSR count). The molecule has 1 heterocycles. The van der Waals surface area contributed by atoms with Crippen molar-refractivity contribution in [3.8, 4) is 0 Å². The van der Waals surface area contributed by atoms with Crippen LogP contribution in [0.5, 0.6) is 0 Å². The second kappa shape index (κ2) is 7.06. The van der Waals surface area contributed by atoms with Crippen molar-refractivity contribution in [2.75, 3.05) is 20.1 Å². The van der Waals surface area contributed by atoms with Crippen molar-refractivity contribution in [2.45, 2.75) is 33.5 Å². The minimum Gasteiger partial charge on any atom is -0.330 e. The Bertz CT molecular complexity index is 432. The molecule has 1 aromatic heterocycles. The predicted octanol–water partition coefficient (Wildman–Crippen LogP) is 3.31. The number of hydrogen-bond acceptors (Lipinski definition) is 4. The summed E-state index contributed by atoms with van der Waals surface area (Å²) in [6, 6.07) is 0. The van der Waals surface area contributed by atoms with Gasteiger partial charge in [-0.15, -0.1) is 23.7 Å². The average Bonchev–Trinajstić information content (AvgIpc) is 2.58. The van der Waals surface area contributed by atoms with Gasteiger partial charge in [0.25, 0.3) is 0 Å². The van der Waals surface area contributed by atoms with Gasteiger partial charge in [0.15, 0.2) is 5.69 Å². The number of alkyl halides is 3. The summed E-state index contributed by atoms with van der Waals surface area (Å²) in [5.74, 6) is 0. The van der Waals surface area contributed by atoms with Crippen molar-refractivity contribution in [1.82, 2.24) is 9.88 Å². The van der Waals surface area contributed by atoms with Crippen molar-refractivity contribution in [1.29, 1.82) is 0 Å². The zero-order chi connectivity index (χ0) is 14.8. The van der Waals surface area contributed by atoms with Crippen molar-refractivity contribution in [3.63, 3.8) is 0 Å². The molecule has 0 aliphatic carbocycles. The standard InChI is InChI=1S/C12H20F3N3S.ClH/c1-8-17-10(12(13,14)15)9(19-8)5-18(4)7-11(2,3)6-16;/h5-7,16H2,1-4H3;1H. The van der Waals surface area contributed by atoms with Gasteiger partial charge in [0, 0.05) is 13.1 Å². The molecule has 0 aliphatic rings. The molecule has 1 aromatic rings. The second-order valence-electron chi connectivity index (χ2n) is 5.54. The summed E-state index contributed by atoms with van der Waals surface area (Å²) < 4.78 is 38.5. The molecule has 0 fully saturated rings. The van der Waals surface area contributed by atoms with Crippen LogP contribution in [0.2, 0.25) is 0 Å². The average molecular weight is 332 g/mol. The molecule has 0 unspecified atom stereocenters. The highest BCUT2D eigenvalue weighted by Gasteiger charge is 2.37. The summed E-state index contributed by atoms with van der Waals surface area (Å²) in [5, 5.41) is 0.439. The molecule has 0 spiro atoms. The SMILES string of the molecule is Cc1nc(C(F)(F)F)c(CN(C)CC(C)(C)CN)s1.Cl. The lowest BCUT2D eigenvalue weighted by atomic mass is 9.93. The van der Waals surface area contributed by atoms with E-state index in [4.69, 9.17) is 5.73 Å². The molecular formula is C12H21ClF3N3S. The fourth-order valence-corrected chi connectivity index (χ4v) is 2.93. The first kappa shape index (κ1) is 19.6. The van der Waals surface area contributed by atoms with Crippen molar-refractivity contribution >= 4 is 23.7 Å². The van der Waals surface area contributed by atoms with Crippen LogP contribution in [-0.2, 0) is 12.7 Å². The van der Waals surface area contributed by atoms with Crippen molar-refractivity contribution < 1.29 is 13.2 Å².